The van der Waals surface area contributed by atoms with Crippen molar-refractivity contribution < 1.29 is 15.0 Å². The van der Waals surface area contributed by atoms with Gasteiger partial charge in [-0.25, -0.2) is 0 Å². The van der Waals surface area contributed by atoms with Crippen LogP contribution in [0.4, 0.5) is 0 Å². The van der Waals surface area contributed by atoms with Crippen LogP contribution < -0.4 is 5.32 Å². The molecule has 0 fully saturated rings. The number of hydrogen-bond acceptors (Lipinski definition) is 3. The van der Waals surface area contributed by atoms with E-state index < -0.39 is 6.04 Å². The lowest BCUT2D eigenvalue weighted by atomic mass is 10.1. The summed E-state index contributed by atoms with van der Waals surface area (Å²) in [5, 5.41) is 22.9. The van der Waals surface area contributed by atoms with Crippen molar-refractivity contribution in [1.29, 1.82) is 0 Å². The van der Waals surface area contributed by atoms with Crippen molar-refractivity contribution in [3.05, 3.63) is 65.9 Å². The molecular formula is C18H18N2O3. The minimum absolute atomic E-state index is 0.138. The number of aromatic nitrogens is 1. The van der Waals surface area contributed by atoms with Crippen LogP contribution in [0.3, 0.4) is 0 Å². The highest BCUT2D eigenvalue weighted by Crippen LogP contribution is 2.27. The molecule has 3 rings (SSSR count). The normalized spacial score (nSPS) is 12.3. The molecule has 23 heavy (non-hydrogen) atoms. The molecule has 0 saturated carbocycles. The second-order valence-corrected chi connectivity index (χ2v) is 5.42. The lowest BCUT2D eigenvalue weighted by Crippen LogP contribution is -2.31. The number of nitrogens with one attached hydrogen (secondary N) is 1. The molecule has 1 atom stereocenters. The van der Waals surface area contributed by atoms with E-state index in [1.807, 2.05) is 36.4 Å². The second kappa shape index (κ2) is 6.14. The first-order valence-corrected chi connectivity index (χ1v) is 7.36. The van der Waals surface area contributed by atoms with E-state index in [4.69, 9.17) is 0 Å². The van der Waals surface area contributed by atoms with Gasteiger partial charge >= 0.3 is 0 Å². The Morgan fingerprint density at radius 1 is 1.17 bits per heavy atom. The number of aryl methyl sites for hydroxylation is 1. The number of carbonyl (C=O) groups excluding carboxylic acids is 1. The maximum absolute atomic E-state index is 12.6. The molecule has 2 aromatic carbocycles. The fourth-order valence-corrected chi connectivity index (χ4v) is 2.71. The van der Waals surface area contributed by atoms with Crippen LogP contribution in [0, 0.1) is 0 Å². The molecule has 0 unspecified atom stereocenters. The zero-order valence-electron chi connectivity index (χ0n) is 12.7. The van der Waals surface area contributed by atoms with E-state index >= 15 is 0 Å². The van der Waals surface area contributed by atoms with Crippen LogP contribution in [0.2, 0.25) is 0 Å². The minimum Gasteiger partial charge on any atom is -0.507 e. The first kappa shape index (κ1) is 15.1. The molecule has 0 radical (unpaired) electrons. The number of nitrogens with zero attached hydrogens (tertiary/aromatic N) is 1. The Balaban J connectivity index is 1.91. The summed E-state index contributed by atoms with van der Waals surface area (Å²) in [6.45, 7) is -0.190. The summed E-state index contributed by atoms with van der Waals surface area (Å²) < 4.78 is 1.73. The third kappa shape index (κ3) is 2.78. The van der Waals surface area contributed by atoms with Gasteiger partial charge in [0, 0.05) is 12.4 Å². The van der Waals surface area contributed by atoms with Crippen molar-refractivity contribution in [3.8, 4) is 5.75 Å². The summed E-state index contributed by atoms with van der Waals surface area (Å²) in [6, 6.07) is 15.7. The third-order valence-electron chi connectivity index (χ3n) is 3.99. The van der Waals surface area contributed by atoms with Crippen molar-refractivity contribution in [2.24, 2.45) is 7.05 Å². The Bertz CT molecular complexity index is 840. The van der Waals surface area contributed by atoms with Crippen molar-refractivity contribution >= 4 is 16.8 Å². The first-order valence-electron chi connectivity index (χ1n) is 7.36. The Hall–Kier alpha value is -2.79. The van der Waals surface area contributed by atoms with Gasteiger partial charge in [-0.05, 0) is 23.8 Å². The molecule has 1 amide bonds. The summed E-state index contributed by atoms with van der Waals surface area (Å²) >= 11 is 0. The van der Waals surface area contributed by atoms with Crippen LogP contribution >= 0.6 is 0 Å². The second-order valence-electron chi connectivity index (χ2n) is 5.42. The molecule has 5 nitrogen and oxygen atoms in total. The molecule has 3 N–H and O–H groups in total. The summed E-state index contributed by atoms with van der Waals surface area (Å²) in [5.74, 6) is -0.162. The standard InChI is InChI=1S/C18H18N2O3/c1-20-15-8-5-9-17(22)13(15)10-16(20)18(23)19-14(11-21)12-6-3-2-4-7-12/h2-10,14,21-22H,11H2,1H3,(H,19,23)/t14-/m0/s1. The first-order chi connectivity index (χ1) is 11.1. The molecule has 0 aliphatic rings. The number of rotatable bonds is 4. The van der Waals surface area contributed by atoms with Crippen molar-refractivity contribution in [1.82, 2.24) is 9.88 Å². The van der Waals surface area contributed by atoms with Crippen LogP contribution in [0.5, 0.6) is 5.75 Å². The Morgan fingerprint density at radius 2 is 1.91 bits per heavy atom. The van der Waals surface area contributed by atoms with Crippen LogP contribution in [-0.4, -0.2) is 27.3 Å². The summed E-state index contributed by atoms with van der Waals surface area (Å²) in [7, 11) is 1.77. The number of amides is 1. The van der Waals surface area contributed by atoms with Gasteiger partial charge in [-0.15, -0.1) is 0 Å². The molecular weight excluding hydrogens is 292 g/mol. The van der Waals surface area contributed by atoms with Gasteiger partial charge in [-0.1, -0.05) is 36.4 Å². The quantitative estimate of drug-likeness (QED) is 0.692. The van der Waals surface area contributed by atoms with Gasteiger partial charge in [-0.3, -0.25) is 4.79 Å². The number of carbonyl (C=O) groups is 1. The average Bonchev–Trinajstić information content (AvgIpc) is 2.92. The number of fused-ring (bicyclic) bond motifs is 1. The summed E-state index contributed by atoms with van der Waals surface area (Å²) in [4.78, 5) is 12.6. The number of hydrogen-bond donors (Lipinski definition) is 3. The highest BCUT2D eigenvalue weighted by molar-refractivity contribution is 6.00. The Morgan fingerprint density at radius 3 is 2.57 bits per heavy atom. The number of phenols is 1. The minimum atomic E-state index is -0.477. The van der Waals surface area contributed by atoms with Gasteiger partial charge < -0.3 is 20.1 Å². The van der Waals surface area contributed by atoms with E-state index in [9.17, 15) is 15.0 Å². The SMILES string of the molecule is Cn1c(C(=O)N[C@@H](CO)c2ccccc2)cc2c(O)cccc21. The molecule has 0 aliphatic heterocycles. The molecule has 1 heterocycles. The molecule has 1 aromatic heterocycles. The Labute approximate surface area is 133 Å². The Kier molecular flexibility index (Phi) is 4.04. The van der Waals surface area contributed by atoms with E-state index in [0.29, 0.717) is 11.1 Å². The molecule has 3 aromatic rings. The van der Waals surface area contributed by atoms with Gasteiger partial charge in [0.2, 0.25) is 0 Å². The third-order valence-corrected chi connectivity index (χ3v) is 3.99. The molecule has 0 saturated heterocycles. The van der Waals surface area contributed by atoms with Crippen LogP contribution in [0.1, 0.15) is 22.1 Å². The fourth-order valence-electron chi connectivity index (χ4n) is 2.71. The largest absolute Gasteiger partial charge is 0.507 e. The lowest BCUT2D eigenvalue weighted by Gasteiger charge is -2.17. The predicted molar refractivity (Wildman–Crippen MR) is 88.3 cm³/mol. The van der Waals surface area contributed by atoms with Crippen molar-refractivity contribution in [3.63, 3.8) is 0 Å². The van der Waals surface area contributed by atoms with E-state index in [0.717, 1.165) is 11.1 Å². The number of aromatic hydroxyl groups is 1. The highest BCUT2D eigenvalue weighted by Gasteiger charge is 2.19. The van der Waals surface area contributed by atoms with Gasteiger partial charge in [0.05, 0.1) is 18.2 Å². The summed E-state index contributed by atoms with van der Waals surface area (Å²) in [6.07, 6.45) is 0. The average molecular weight is 310 g/mol. The van der Waals surface area contributed by atoms with Crippen molar-refractivity contribution in [2.45, 2.75) is 6.04 Å². The molecule has 0 spiro atoms. The smallest absolute Gasteiger partial charge is 0.268 e. The lowest BCUT2D eigenvalue weighted by molar-refractivity contribution is 0.0908. The van der Waals surface area contributed by atoms with Crippen LogP contribution in [0.15, 0.2) is 54.6 Å². The fraction of sp³-hybridized carbons (Fsp3) is 0.167. The van der Waals surface area contributed by atoms with E-state index in [2.05, 4.69) is 5.32 Å². The number of aliphatic hydroxyl groups is 1. The maximum Gasteiger partial charge on any atom is 0.268 e. The number of phenolic OH excluding ortho intramolecular Hbond substituents is 1. The molecule has 0 bridgehead atoms. The van der Waals surface area contributed by atoms with Gasteiger partial charge in [-0.2, -0.15) is 0 Å². The van der Waals surface area contributed by atoms with E-state index in [1.165, 1.54) is 0 Å². The van der Waals surface area contributed by atoms with Gasteiger partial charge in [0.1, 0.15) is 11.4 Å². The van der Waals surface area contributed by atoms with Gasteiger partial charge in [0.15, 0.2) is 0 Å². The monoisotopic (exact) mass is 310 g/mol. The molecule has 118 valence electrons. The molecule has 0 aliphatic carbocycles. The van der Waals surface area contributed by atoms with E-state index in [1.54, 1.807) is 29.8 Å². The maximum atomic E-state index is 12.6. The number of aliphatic hydroxyl groups excluding tert-OH is 1. The topological polar surface area (TPSA) is 74.5 Å². The van der Waals surface area contributed by atoms with Gasteiger partial charge in [0.25, 0.3) is 5.91 Å². The predicted octanol–water partition coefficient (Wildman–Crippen LogP) is 2.35. The number of benzene rings is 2. The zero-order valence-corrected chi connectivity index (χ0v) is 12.7. The van der Waals surface area contributed by atoms with Crippen LogP contribution in [-0.2, 0) is 7.05 Å². The highest BCUT2D eigenvalue weighted by atomic mass is 16.3. The van der Waals surface area contributed by atoms with Crippen LogP contribution in [0.25, 0.3) is 10.9 Å². The van der Waals surface area contributed by atoms with E-state index in [-0.39, 0.29) is 18.3 Å². The molecule has 5 heteroatoms. The zero-order chi connectivity index (χ0) is 16.4. The van der Waals surface area contributed by atoms with Crippen molar-refractivity contribution in [2.75, 3.05) is 6.61 Å². The summed E-state index contributed by atoms with van der Waals surface area (Å²) in [5.41, 5.74) is 2.04.